The second kappa shape index (κ2) is 9.76. The van der Waals surface area contributed by atoms with Gasteiger partial charge in [-0.3, -0.25) is 4.79 Å². The molecule has 0 atom stereocenters. The monoisotopic (exact) mass is 314 g/mol. The molecule has 0 aliphatic heterocycles. The Morgan fingerprint density at radius 2 is 1.18 bits per heavy atom. The molecule has 0 saturated carbocycles. The minimum Gasteiger partial charge on any atom is -0.481 e. The van der Waals surface area contributed by atoms with Crippen molar-refractivity contribution in [1.29, 1.82) is 0 Å². The fraction of sp³-hybridized carbons (Fsp3) is 0.562. The molecule has 126 valence electrons. The Labute approximate surface area is 131 Å². The predicted molar refractivity (Wildman–Crippen MR) is 83.2 cm³/mol. The Morgan fingerprint density at radius 1 is 0.909 bits per heavy atom. The largest absolute Gasteiger partial charge is 0.481 e. The van der Waals surface area contributed by atoms with Gasteiger partial charge in [0.2, 0.25) is 0 Å². The molecule has 0 spiro atoms. The van der Waals surface area contributed by atoms with Crippen molar-refractivity contribution in [1.82, 2.24) is 0 Å². The highest BCUT2D eigenvalue weighted by Crippen LogP contribution is 2.16. The lowest BCUT2D eigenvalue weighted by atomic mass is 9.96. The summed E-state index contributed by atoms with van der Waals surface area (Å²) in [4.78, 5) is 31.6. The van der Waals surface area contributed by atoms with Crippen molar-refractivity contribution < 1.29 is 29.0 Å². The molecule has 0 fully saturated rings. The van der Waals surface area contributed by atoms with Crippen LogP contribution in [0.15, 0.2) is 25.3 Å². The predicted octanol–water partition coefficient (Wildman–Crippen LogP) is 2.59. The number of carboxylic acid groups (broad SMARTS) is 1. The van der Waals surface area contributed by atoms with E-state index in [1.54, 1.807) is 20.8 Å². The van der Waals surface area contributed by atoms with Crippen LogP contribution in [0.25, 0.3) is 0 Å². The van der Waals surface area contributed by atoms with E-state index in [4.69, 9.17) is 14.6 Å². The maximum atomic E-state index is 10.8. The first kappa shape index (κ1) is 22.2. The Bertz CT molecular complexity index is 389. The summed E-state index contributed by atoms with van der Waals surface area (Å²) in [5.74, 6) is -1.73. The van der Waals surface area contributed by atoms with Crippen LogP contribution in [0.5, 0.6) is 0 Å². The van der Waals surface area contributed by atoms with Crippen LogP contribution in [-0.2, 0) is 23.9 Å². The molecule has 0 aliphatic rings. The van der Waals surface area contributed by atoms with Crippen LogP contribution in [0.2, 0.25) is 0 Å². The van der Waals surface area contributed by atoms with Crippen molar-refractivity contribution in [2.45, 2.75) is 34.6 Å². The topological polar surface area (TPSA) is 89.9 Å². The summed E-state index contributed by atoms with van der Waals surface area (Å²) in [6.45, 7) is 15.5. The molecule has 0 unspecified atom stereocenters. The lowest BCUT2D eigenvalue weighted by molar-refractivity contribution is -0.147. The molecule has 0 heterocycles. The first-order valence-electron chi connectivity index (χ1n) is 6.67. The average Bonchev–Trinajstić information content (AvgIpc) is 2.41. The van der Waals surface area contributed by atoms with Crippen LogP contribution >= 0.6 is 0 Å². The lowest BCUT2D eigenvalue weighted by Crippen LogP contribution is -2.27. The number of esters is 2. The first-order valence-corrected chi connectivity index (χ1v) is 6.67. The van der Waals surface area contributed by atoms with Gasteiger partial charge in [-0.05, 0) is 20.8 Å². The molecule has 0 aliphatic carbocycles. The zero-order valence-corrected chi connectivity index (χ0v) is 14.0. The maximum Gasteiger partial charge on any atom is 0.330 e. The highest BCUT2D eigenvalue weighted by molar-refractivity contribution is 5.81. The van der Waals surface area contributed by atoms with Gasteiger partial charge in [0.25, 0.3) is 0 Å². The third kappa shape index (κ3) is 12.9. The number of carbonyl (C=O) groups excluding carboxylic acids is 2. The van der Waals surface area contributed by atoms with E-state index in [0.29, 0.717) is 0 Å². The van der Waals surface area contributed by atoms with E-state index < -0.39 is 28.7 Å². The van der Waals surface area contributed by atoms with Gasteiger partial charge in [-0.25, -0.2) is 9.59 Å². The summed E-state index contributed by atoms with van der Waals surface area (Å²) in [5, 5.41) is 8.25. The number of carbonyl (C=O) groups is 3. The van der Waals surface area contributed by atoms with E-state index in [9.17, 15) is 14.4 Å². The Morgan fingerprint density at radius 3 is 1.36 bits per heavy atom. The Hall–Kier alpha value is -2.11. The van der Waals surface area contributed by atoms with Crippen LogP contribution in [-0.4, -0.2) is 36.2 Å². The second-order valence-electron chi connectivity index (χ2n) is 6.34. The van der Waals surface area contributed by atoms with Crippen molar-refractivity contribution in [3.63, 3.8) is 0 Å². The van der Waals surface area contributed by atoms with Crippen LogP contribution < -0.4 is 0 Å². The number of carboxylic acids is 1. The Kier molecular flexibility index (Phi) is 9.84. The summed E-state index contributed by atoms with van der Waals surface area (Å²) in [5.41, 5.74) is -1.00. The highest BCUT2D eigenvalue weighted by atomic mass is 16.5. The molecule has 0 aromatic carbocycles. The molecule has 6 heteroatoms. The fourth-order valence-electron chi connectivity index (χ4n) is 0.693. The molecule has 0 rings (SSSR count). The molecule has 0 saturated heterocycles. The normalized spacial score (nSPS) is 10.6. The summed E-state index contributed by atoms with van der Waals surface area (Å²) in [7, 11) is 0. The van der Waals surface area contributed by atoms with Crippen molar-refractivity contribution in [3.05, 3.63) is 25.3 Å². The summed E-state index contributed by atoms with van der Waals surface area (Å²) in [6, 6.07) is 0. The van der Waals surface area contributed by atoms with Crippen molar-refractivity contribution in [3.8, 4) is 0 Å². The zero-order chi connectivity index (χ0) is 18.0. The minimum absolute atomic E-state index is 0.169. The van der Waals surface area contributed by atoms with Gasteiger partial charge in [0.1, 0.15) is 0 Å². The van der Waals surface area contributed by atoms with Crippen LogP contribution in [0.3, 0.4) is 0 Å². The number of rotatable bonds is 6. The quantitative estimate of drug-likeness (QED) is 0.598. The number of aliphatic carboxylic acids is 1. The standard InChI is InChI=1S/C11H16O4.C5H10O2/c1-5-9(12)14-7-11(3,4)8-15-10(13)6-2;1-5(2,3)4(6)7/h5-6H,1-2,7-8H2,3-4H3;1-3H3,(H,6,7). The molecule has 0 radical (unpaired) electrons. The molecule has 0 aromatic rings. The van der Waals surface area contributed by atoms with Crippen LogP contribution in [0, 0.1) is 10.8 Å². The summed E-state index contributed by atoms with van der Waals surface area (Å²) in [6.07, 6.45) is 2.18. The maximum absolute atomic E-state index is 10.8. The van der Waals surface area contributed by atoms with Gasteiger partial charge >= 0.3 is 17.9 Å². The molecular weight excluding hydrogens is 288 g/mol. The lowest BCUT2D eigenvalue weighted by Gasteiger charge is -2.22. The van der Waals surface area contributed by atoms with Crippen molar-refractivity contribution in [2.24, 2.45) is 10.8 Å². The van der Waals surface area contributed by atoms with Crippen LogP contribution in [0.1, 0.15) is 34.6 Å². The smallest absolute Gasteiger partial charge is 0.330 e. The van der Waals surface area contributed by atoms with Gasteiger partial charge in [0.15, 0.2) is 0 Å². The van der Waals surface area contributed by atoms with E-state index in [2.05, 4.69) is 13.2 Å². The van der Waals surface area contributed by atoms with Gasteiger partial charge in [0, 0.05) is 17.6 Å². The number of ether oxygens (including phenoxy) is 2. The summed E-state index contributed by atoms with van der Waals surface area (Å²) >= 11 is 0. The molecular formula is C16H26O6. The summed E-state index contributed by atoms with van der Waals surface area (Å²) < 4.78 is 9.70. The number of hydrogen-bond donors (Lipinski definition) is 1. The molecule has 0 aromatic heterocycles. The van der Waals surface area contributed by atoms with Crippen molar-refractivity contribution in [2.75, 3.05) is 13.2 Å². The second-order valence-corrected chi connectivity index (χ2v) is 6.34. The van der Waals surface area contributed by atoms with Crippen molar-refractivity contribution >= 4 is 17.9 Å². The van der Waals surface area contributed by atoms with Gasteiger partial charge in [-0.1, -0.05) is 27.0 Å². The van der Waals surface area contributed by atoms with E-state index in [0.717, 1.165) is 12.2 Å². The molecule has 6 nitrogen and oxygen atoms in total. The Balaban J connectivity index is 0. The van der Waals surface area contributed by atoms with E-state index in [1.165, 1.54) is 0 Å². The first-order chi connectivity index (χ1) is 9.85. The average molecular weight is 314 g/mol. The van der Waals surface area contributed by atoms with Gasteiger partial charge in [0.05, 0.1) is 18.6 Å². The van der Waals surface area contributed by atoms with Crippen LogP contribution in [0.4, 0.5) is 0 Å². The van der Waals surface area contributed by atoms with E-state index in [-0.39, 0.29) is 13.2 Å². The minimum atomic E-state index is -0.757. The molecule has 0 amide bonds. The third-order valence-electron chi connectivity index (χ3n) is 2.19. The van der Waals surface area contributed by atoms with E-state index >= 15 is 0 Å². The number of hydrogen-bond acceptors (Lipinski definition) is 5. The highest BCUT2D eigenvalue weighted by Gasteiger charge is 2.21. The fourth-order valence-corrected chi connectivity index (χ4v) is 0.693. The van der Waals surface area contributed by atoms with Gasteiger partial charge < -0.3 is 14.6 Å². The van der Waals surface area contributed by atoms with E-state index in [1.807, 2.05) is 13.8 Å². The molecule has 1 N–H and O–H groups in total. The zero-order valence-electron chi connectivity index (χ0n) is 14.0. The van der Waals surface area contributed by atoms with Gasteiger partial charge in [-0.2, -0.15) is 0 Å². The van der Waals surface area contributed by atoms with Gasteiger partial charge in [-0.15, -0.1) is 0 Å². The SMILES string of the molecule is C=CC(=O)OCC(C)(C)COC(=O)C=C.CC(C)(C)C(=O)O. The third-order valence-corrected chi connectivity index (χ3v) is 2.19. The molecule has 0 bridgehead atoms. The molecule has 22 heavy (non-hydrogen) atoms.